The quantitative estimate of drug-likeness (QED) is 0.744. The van der Waals surface area contributed by atoms with Gasteiger partial charge in [-0.3, -0.25) is 0 Å². The second-order valence-electron chi connectivity index (χ2n) is 5.47. The van der Waals surface area contributed by atoms with Crippen LogP contribution in [0.4, 0.5) is 0 Å². The summed E-state index contributed by atoms with van der Waals surface area (Å²) in [4.78, 5) is 0. The molecular formula is C15H20O. The van der Waals surface area contributed by atoms with Crippen molar-refractivity contribution in [3.8, 4) is 0 Å². The molecule has 0 saturated heterocycles. The van der Waals surface area contributed by atoms with Crippen molar-refractivity contribution in [2.24, 2.45) is 11.3 Å². The fraction of sp³-hybridized carbons (Fsp3) is 0.600. The van der Waals surface area contributed by atoms with Crippen LogP contribution < -0.4 is 0 Å². The standard InChI is InChI=1S/C15H20O/c1-2-5-13(6-3-1)11-16-12-15-9-4-7-14(15)8-10-15/h1-3,5-6,14H,4,7-12H2/t14-,15+/m1/s1. The van der Waals surface area contributed by atoms with Crippen molar-refractivity contribution in [3.05, 3.63) is 35.9 Å². The molecule has 16 heavy (non-hydrogen) atoms. The summed E-state index contributed by atoms with van der Waals surface area (Å²) in [5.74, 6) is 0.989. The predicted molar refractivity (Wildman–Crippen MR) is 65.1 cm³/mol. The van der Waals surface area contributed by atoms with Crippen LogP contribution in [0.5, 0.6) is 0 Å². The first kappa shape index (κ1) is 10.3. The second kappa shape index (κ2) is 4.21. The predicted octanol–water partition coefficient (Wildman–Crippen LogP) is 3.78. The SMILES string of the molecule is c1ccc(COC[C@@]23CCC[C@@H]2CC3)cc1. The first-order valence-corrected chi connectivity index (χ1v) is 6.51. The lowest BCUT2D eigenvalue weighted by Crippen LogP contribution is -2.39. The molecule has 1 nitrogen and oxygen atoms in total. The van der Waals surface area contributed by atoms with E-state index >= 15 is 0 Å². The summed E-state index contributed by atoms with van der Waals surface area (Å²) in [7, 11) is 0. The van der Waals surface area contributed by atoms with E-state index in [1.165, 1.54) is 37.7 Å². The van der Waals surface area contributed by atoms with Gasteiger partial charge in [-0.2, -0.15) is 0 Å². The normalized spacial score (nSPS) is 32.1. The lowest BCUT2D eigenvalue weighted by Gasteiger charge is -2.45. The molecule has 0 aliphatic heterocycles. The highest BCUT2D eigenvalue weighted by Crippen LogP contribution is 2.57. The molecule has 2 aliphatic carbocycles. The molecule has 1 heteroatoms. The lowest BCUT2D eigenvalue weighted by molar-refractivity contribution is -0.0443. The second-order valence-corrected chi connectivity index (χ2v) is 5.47. The monoisotopic (exact) mass is 216 g/mol. The molecule has 0 aromatic heterocycles. The topological polar surface area (TPSA) is 9.23 Å². The number of ether oxygens (including phenoxy) is 1. The van der Waals surface area contributed by atoms with Crippen LogP contribution in [0.2, 0.25) is 0 Å². The minimum absolute atomic E-state index is 0.592. The molecule has 0 N–H and O–H groups in total. The average Bonchev–Trinajstić information content (AvgIpc) is 2.58. The largest absolute Gasteiger partial charge is 0.376 e. The average molecular weight is 216 g/mol. The molecule has 2 fully saturated rings. The molecule has 0 spiro atoms. The Morgan fingerprint density at radius 1 is 1.12 bits per heavy atom. The zero-order valence-corrected chi connectivity index (χ0v) is 9.82. The molecule has 2 atom stereocenters. The summed E-state index contributed by atoms with van der Waals surface area (Å²) >= 11 is 0. The number of rotatable bonds is 4. The van der Waals surface area contributed by atoms with E-state index in [1.807, 2.05) is 0 Å². The van der Waals surface area contributed by atoms with Gasteiger partial charge in [0, 0.05) is 0 Å². The number of benzene rings is 1. The first-order valence-electron chi connectivity index (χ1n) is 6.51. The van der Waals surface area contributed by atoms with E-state index in [0.29, 0.717) is 5.41 Å². The highest BCUT2D eigenvalue weighted by atomic mass is 16.5. The van der Waals surface area contributed by atoms with Crippen LogP contribution in [-0.2, 0) is 11.3 Å². The zero-order chi connectivity index (χ0) is 10.8. The molecule has 1 aromatic carbocycles. The highest BCUT2D eigenvalue weighted by molar-refractivity contribution is 5.13. The molecule has 3 rings (SSSR count). The van der Waals surface area contributed by atoms with Crippen molar-refractivity contribution in [3.63, 3.8) is 0 Å². The van der Waals surface area contributed by atoms with Gasteiger partial charge in [0.1, 0.15) is 0 Å². The molecule has 86 valence electrons. The minimum atomic E-state index is 0.592. The summed E-state index contributed by atoms with van der Waals surface area (Å²) in [6, 6.07) is 10.5. The minimum Gasteiger partial charge on any atom is -0.376 e. The Kier molecular flexibility index (Phi) is 2.72. The van der Waals surface area contributed by atoms with E-state index in [1.54, 1.807) is 0 Å². The van der Waals surface area contributed by atoms with Crippen LogP contribution in [0.25, 0.3) is 0 Å². The third kappa shape index (κ3) is 1.78. The zero-order valence-electron chi connectivity index (χ0n) is 9.82. The van der Waals surface area contributed by atoms with Crippen LogP contribution in [0.15, 0.2) is 30.3 Å². The van der Waals surface area contributed by atoms with E-state index < -0.39 is 0 Å². The van der Waals surface area contributed by atoms with Gasteiger partial charge in [0.15, 0.2) is 0 Å². The molecule has 2 saturated carbocycles. The molecular weight excluding hydrogens is 196 g/mol. The Balaban J connectivity index is 1.50. The molecule has 0 bridgehead atoms. The Morgan fingerprint density at radius 3 is 2.69 bits per heavy atom. The molecule has 0 unspecified atom stereocenters. The van der Waals surface area contributed by atoms with Crippen molar-refractivity contribution in [2.75, 3.05) is 6.61 Å². The van der Waals surface area contributed by atoms with E-state index in [4.69, 9.17) is 4.74 Å². The fourth-order valence-corrected chi connectivity index (χ4v) is 3.45. The lowest BCUT2D eigenvalue weighted by atomic mass is 9.62. The van der Waals surface area contributed by atoms with Gasteiger partial charge in [0.05, 0.1) is 13.2 Å². The maximum Gasteiger partial charge on any atom is 0.0717 e. The summed E-state index contributed by atoms with van der Waals surface area (Å²) in [6.45, 7) is 1.78. The molecule has 0 radical (unpaired) electrons. The third-order valence-corrected chi connectivity index (χ3v) is 4.59. The number of hydrogen-bond acceptors (Lipinski definition) is 1. The Morgan fingerprint density at radius 2 is 2.00 bits per heavy atom. The van der Waals surface area contributed by atoms with Crippen LogP contribution in [0.3, 0.4) is 0 Å². The van der Waals surface area contributed by atoms with Gasteiger partial charge in [-0.25, -0.2) is 0 Å². The molecule has 0 heterocycles. The van der Waals surface area contributed by atoms with Gasteiger partial charge in [0.2, 0.25) is 0 Å². The Bertz CT molecular complexity index is 346. The van der Waals surface area contributed by atoms with Gasteiger partial charge >= 0.3 is 0 Å². The Labute approximate surface area is 97.8 Å². The van der Waals surface area contributed by atoms with Gasteiger partial charge in [-0.05, 0) is 42.6 Å². The van der Waals surface area contributed by atoms with Crippen molar-refractivity contribution in [1.82, 2.24) is 0 Å². The first-order chi connectivity index (χ1) is 7.89. The van der Waals surface area contributed by atoms with Crippen LogP contribution in [-0.4, -0.2) is 6.61 Å². The Hall–Kier alpha value is -0.820. The summed E-state index contributed by atoms with van der Waals surface area (Å²) in [6.07, 6.45) is 7.15. The van der Waals surface area contributed by atoms with Gasteiger partial charge < -0.3 is 4.74 Å². The van der Waals surface area contributed by atoms with Crippen LogP contribution in [0, 0.1) is 11.3 Å². The highest BCUT2D eigenvalue weighted by Gasteiger charge is 2.49. The number of hydrogen-bond donors (Lipinski definition) is 0. The molecule has 0 amide bonds. The van der Waals surface area contributed by atoms with Crippen molar-refractivity contribution in [2.45, 2.75) is 38.7 Å². The summed E-state index contributed by atoms with van der Waals surface area (Å²) < 4.78 is 5.93. The van der Waals surface area contributed by atoms with Crippen molar-refractivity contribution >= 4 is 0 Å². The van der Waals surface area contributed by atoms with E-state index in [2.05, 4.69) is 30.3 Å². The molecule has 2 aliphatic rings. The van der Waals surface area contributed by atoms with Crippen LogP contribution in [0.1, 0.15) is 37.7 Å². The van der Waals surface area contributed by atoms with Gasteiger partial charge in [-0.1, -0.05) is 36.8 Å². The van der Waals surface area contributed by atoms with E-state index in [-0.39, 0.29) is 0 Å². The summed E-state index contributed by atoms with van der Waals surface area (Å²) in [5, 5.41) is 0. The van der Waals surface area contributed by atoms with E-state index in [9.17, 15) is 0 Å². The smallest absolute Gasteiger partial charge is 0.0717 e. The van der Waals surface area contributed by atoms with Crippen molar-refractivity contribution < 1.29 is 4.74 Å². The van der Waals surface area contributed by atoms with Gasteiger partial charge in [-0.15, -0.1) is 0 Å². The number of fused-ring (bicyclic) bond motifs is 1. The third-order valence-electron chi connectivity index (χ3n) is 4.59. The van der Waals surface area contributed by atoms with E-state index in [0.717, 1.165) is 19.1 Å². The maximum atomic E-state index is 5.93. The maximum absolute atomic E-state index is 5.93. The van der Waals surface area contributed by atoms with Gasteiger partial charge in [0.25, 0.3) is 0 Å². The van der Waals surface area contributed by atoms with Crippen LogP contribution >= 0.6 is 0 Å². The summed E-state index contributed by atoms with van der Waals surface area (Å²) in [5.41, 5.74) is 1.89. The van der Waals surface area contributed by atoms with Crippen molar-refractivity contribution in [1.29, 1.82) is 0 Å². The molecule has 1 aromatic rings. The fourth-order valence-electron chi connectivity index (χ4n) is 3.45.